The van der Waals surface area contributed by atoms with Crippen LogP contribution in [0.2, 0.25) is 0 Å². The Hall–Kier alpha value is -3.17. The molecule has 26 heavy (non-hydrogen) atoms. The topological polar surface area (TPSA) is 126 Å². The van der Waals surface area contributed by atoms with Gasteiger partial charge in [0, 0.05) is 0 Å². The minimum atomic E-state index is -1.17. The van der Waals surface area contributed by atoms with Crippen LogP contribution in [-0.2, 0) is 9.63 Å². The predicted molar refractivity (Wildman–Crippen MR) is 87.6 cm³/mol. The van der Waals surface area contributed by atoms with Gasteiger partial charge in [-0.3, -0.25) is 9.59 Å². The van der Waals surface area contributed by atoms with Gasteiger partial charge < -0.3 is 15.2 Å². The van der Waals surface area contributed by atoms with Gasteiger partial charge in [-0.2, -0.15) is 0 Å². The maximum absolute atomic E-state index is 12.1. The van der Waals surface area contributed by atoms with Gasteiger partial charge in [-0.15, -0.1) is 5.01 Å². The number of rotatable bonds is 8. The van der Waals surface area contributed by atoms with E-state index in [2.05, 4.69) is 5.28 Å². The Balaban J connectivity index is 2.03. The SMILES string of the molecule is CC[C@@H](C)[C@@H](C(=O)O)N(C)[N+]([O-])=NOCN1C(=O)c2ccccc2C1=O. The summed E-state index contributed by atoms with van der Waals surface area (Å²) >= 11 is 0. The second-order valence-corrected chi connectivity index (χ2v) is 5.92. The summed E-state index contributed by atoms with van der Waals surface area (Å²) < 4.78 is 0. The summed E-state index contributed by atoms with van der Waals surface area (Å²) in [4.78, 5) is 41.2. The third-order valence-corrected chi connectivity index (χ3v) is 4.30. The van der Waals surface area contributed by atoms with Crippen molar-refractivity contribution in [2.45, 2.75) is 26.3 Å². The van der Waals surface area contributed by atoms with Gasteiger partial charge in [-0.05, 0) is 18.1 Å². The smallest absolute Gasteiger partial charge is 0.332 e. The van der Waals surface area contributed by atoms with Crippen molar-refractivity contribution in [1.29, 1.82) is 0 Å². The van der Waals surface area contributed by atoms with Gasteiger partial charge in [0.1, 0.15) is 0 Å². The van der Waals surface area contributed by atoms with Crippen LogP contribution in [0.5, 0.6) is 0 Å². The van der Waals surface area contributed by atoms with Gasteiger partial charge in [0.05, 0.1) is 23.1 Å². The lowest BCUT2D eigenvalue weighted by atomic mass is 9.99. The molecule has 10 nitrogen and oxygen atoms in total. The summed E-state index contributed by atoms with van der Waals surface area (Å²) in [5.41, 5.74) is 0.500. The zero-order chi connectivity index (χ0) is 19.4. The molecule has 0 fully saturated rings. The van der Waals surface area contributed by atoms with Crippen LogP contribution in [0.3, 0.4) is 0 Å². The largest absolute Gasteiger partial charge is 0.569 e. The summed E-state index contributed by atoms with van der Waals surface area (Å²) in [6, 6.07) is 5.21. The zero-order valence-corrected chi connectivity index (χ0v) is 14.7. The normalized spacial score (nSPS) is 16.3. The molecule has 0 bridgehead atoms. The predicted octanol–water partition coefficient (Wildman–Crippen LogP) is 1.48. The Labute approximate surface area is 149 Å². The number of carbonyl (C=O) groups is 3. The molecule has 0 saturated heterocycles. The van der Waals surface area contributed by atoms with E-state index in [4.69, 9.17) is 4.84 Å². The fraction of sp³-hybridized carbons (Fsp3) is 0.438. The standard InChI is InChI=1S/C16H20N4O6/c1-4-10(2)13(16(23)24)18(3)20(25)17-26-9-19-14(21)11-7-5-6-8-12(11)15(19)22/h5-8,10,13H,4,9H2,1-3H3,(H,23,24)/t10-,13+/m1/s1. The number of carboxylic acid groups (broad SMARTS) is 1. The van der Waals surface area contributed by atoms with Gasteiger partial charge in [-0.1, -0.05) is 32.4 Å². The lowest BCUT2D eigenvalue weighted by molar-refractivity contribution is -0.712. The van der Waals surface area contributed by atoms with Crippen LogP contribution in [0.1, 0.15) is 41.0 Å². The number of benzene rings is 1. The molecule has 2 rings (SSSR count). The number of imide groups is 1. The molecule has 1 aliphatic heterocycles. The van der Waals surface area contributed by atoms with Crippen LogP contribution >= 0.6 is 0 Å². The molecular formula is C16H20N4O6. The van der Waals surface area contributed by atoms with Crippen LogP contribution < -0.4 is 0 Å². The second-order valence-electron chi connectivity index (χ2n) is 5.92. The molecule has 1 aliphatic rings. The van der Waals surface area contributed by atoms with Crippen molar-refractivity contribution >= 4 is 17.8 Å². The molecule has 0 aromatic heterocycles. The van der Waals surface area contributed by atoms with Crippen molar-refractivity contribution in [3.63, 3.8) is 0 Å². The van der Waals surface area contributed by atoms with Crippen molar-refractivity contribution in [1.82, 2.24) is 9.91 Å². The van der Waals surface area contributed by atoms with Crippen LogP contribution in [0, 0.1) is 11.1 Å². The molecule has 0 aliphatic carbocycles. The van der Waals surface area contributed by atoms with Crippen molar-refractivity contribution in [2.75, 3.05) is 13.8 Å². The number of nitrogens with zero attached hydrogens (tertiary/aromatic N) is 4. The van der Waals surface area contributed by atoms with E-state index in [1.165, 1.54) is 19.2 Å². The molecule has 1 aromatic carbocycles. The lowest BCUT2D eigenvalue weighted by Crippen LogP contribution is -2.46. The Kier molecular flexibility index (Phi) is 5.75. The van der Waals surface area contributed by atoms with Crippen LogP contribution in [0.25, 0.3) is 0 Å². The molecule has 0 spiro atoms. The number of aliphatic carboxylic acids is 1. The second kappa shape index (κ2) is 7.81. The highest BCUT2D eigenvalue weighted by Gasteiger charge is 2.36. The number of hydrogen-bond acceptors (Lipinski definition) is 6. The Morgan fingerprint density at radius 2 is 1.88 bits per heavy atom. The lowest BCUT2D eigenvalue weighted by Gasteiger charge is -2.24. The highest BCUT2D eigenvalue weighted by atomic mass is 16.7. The van der Waals surface area contributed by atoms with Crippen molar-refractivity contribution in [3.05, 3.63) is 40.6 Å². The maximum Gasteiger partial charge on any atom is 0.332 e. The first kappa shape index (κ1) is 19.2. The summed E-state index contributed by atoms with van der Waals surface area (Å²) in [6.07, 6.45) is 0.547. The first-order chi connectivity index (χ1) is 12.3. The third-order valence-electron chi connectivity index (χ3n) is 4.30. The minimum absolute atomic E-state index is 0.0108. The minimum Gasteiger partial charge on any atom is -0.569 e. The molecule has 140 valence electrons. The third kappa shape index (κ3) is 3.58. The summed E-state index contributed by atoms with van der Waals surface area (Å²) in [5, 5.41) is 25.3. The van der Waals surface area contributed by atoms with Crippen molar-refractivity contribution in [3.8, 4) is 0 Å². The van der Waals surface area contributed by atoms with Crippen molar-refractivity contribution in [2.24, 2.45) is 11.2 Å². The van der Waals surface area contributed by atoms with E-state index in [0.717, 1.165) is 9.91 Å². The molecule has 1 N–H and O–H groups in total. The Bertz CT molecular complexity index is 715. The summed E-state index contributed by atoms with van der Waals surface area (Å²) in [7, 11) is 1.27. The quantitative estimate of drug-likeness (QED) is 0.320. The average molecular weight is 364 g/mol. The fourth-order valence-corrected chi connectivity index (χ4v) is 2.65. The van der Waals surface area contributed by atoms with E-state index in [-0.39, 0.29) is 22.0 Å². The highest BCUT2D eigenvalue weighted by Crippen LogP contribution is 2.22. The van der Waals surface area contributed by atoms with Crippen LogP contribution in [-0.4, -0.2) is 57.6 Å². The van der Waals surface area contributed by atoms with Crippen molar-refractivity contribution < 1.29 is 29.3 Å². The van der Waals surface area contributed by atoms with Gasteiger partial charge in [-0.25, -0.2) is 9.69 Å². The molecule has 1 aromatic rings. The molecular weight excluding hydrogens is 344 g/mol. The molecule has 2 amide bonds. The Morgan fingerprint density at radius 1 is 1.35 bits per heavy atom. The molecule has 0 unspecified atom stereocenters. The van der Waals surface area contributed by atoms with E-state index in [0.29, 0.717) is 6.42 Å². The van der Waals surface area contributed by atoms with Gasteiger partial charge in [0.25, 0.3) is 11.8 Å². The van der Waals surface area contributed by atoms with E-state index in [1.54, 1.807) is 26.0 Å². The molecule has 2 atom stereocenters. The van der Waals surface area contributed by atoms with Gasteiger partial charge in [0.2, 0.25) is 12.0 Å². The first-order valence-electron chi connectivity index (χ1n) is 8.00. The highest BCUT2D eigenvalue weighted by molar-refractivity contribution is 6.21. The first-order valence-corrected chi connectivity index (χ1v) is 8.00. The van der Waals surface area contributed by atoms with Crippen LogP contribution in [0.4, 0.5) is 0 Å². The number of hydrogen-bond donors (Lipinski definition) is 1. The molecule has 0 saturated carbocycles. The van der Waals surface area contributed by atoms with Gasteiger partial charge in [0.15, 0.2) is 6.04 Å². The summed E-state index contributed by atoms with van der Waals surface area (Å²) in [6.45, 7) is 2.95. The monoisotopic (exact) mass is 364 g/mol. The van der Waals surface area contributed by atoms with E-state index in [9.17, 15) is 24.7 Å². The number of amides is 2. The molecule has 10 heteroatoms. The summed E-state index contributed by atoms with van der Waals surface area (Å²) in [5.74, 6) is -2.57. The molecule has 1 heterocycles. The number of likely N-dealkylation sites (N-methyl/N-ethyl adjacent to an activating group) is 1. The fourth-order valence-electron chi connectivity index (χ4n) is 2.65. The number of hydrazine groups is 1. The maximum atomic E-state index is 12.1. The Morgan fingerprint density at radius 3 is 2.35 bits per heavy atom. The van der Waals surface area contributed by atoms with Crippen LogP contribution in [0.15, 0.2) is 29.5 Å². The average Bonchev–Trinajstić information content (AvgIpc) is 2.86. The number of carbonyl (C=O) groups excluding carboxylic acids is 2. The number of carboxylic acids is 1. The van der Waals surface area contributed by atoms with E-state index < -0.39 is 30.6 Å². The van der Waals surface area contributed by atoms with Gasteiger partial charge >= 0.3 is 5.97 Å². The van der Waals surface area contributed by atoms with E-state index >= 15 is 0 Å². The number of fused-ring (bicyclic) bond motifs is 1. The van der Waals surface area contributed by atoms with E-state index in [1.807, 2.05) is 0 Å². The molecule has 0 radical (unpaired) electrons. The zero-order valence-electron chi connectivity index (χ0n) is 14.7.